The van der Waals surface area contributed by atoms with Crippen LogP contribution in [0.5, 0.6) is 0 Å². The van der Waals surface area contributed by atoms with Crippen LogP contribution in [0.2, 0.25) is 0 Å². The summed E-state index contributed by atoms with van der Waals surface area (Å²) in [7, 11) is 0. The standard InChI is InChI=1S/C22H25FN6O3/c23-18-4-2-1-3-17(18)15-7-5-14(6-8-15)11-16(12-19(22(31)32)25-10-9-24)27-21(30)20-13-26-29-28-20/h1-8,13,16,19,25H,9-12,24H2,(H,27,30)(H,31,32)(H,26,28,29). The number of rotatable bonds is 11. The third-order valence-corrected chi connectivity index (χ3v) is 4.96. The van der Waals surface area contributed by atoms with E-state index in [0.717, 1.165) is 11.1 Å². The average molecular weight is 440 g/mol. The first-order valence-corrected chi connectivity index (χ1v) is 10.1. The lowest BCUT2D eigenvalue weighted by Gasteiger charge is -2.23. The van der Waals surface area contributed by atoms with E-state index in [2.05, 4.69) is 26.0 Å². The van der Waals surface area contributed by atoms with Crippen LogP contribution in [0.3, 0.4) is 0 Å². The lowest BCUT2D eigenvalue weighted by molar-refractivity contribution is -0.139. The molecular weight excluding hydrogens is 415 g/mol. The zero-order valence-corrected chi connectivity index (χ0v) is 17.3. The minimum atomic E-state index is -1.03. The Balaban J connectivity index is 1.77. The fraction of sp³-hybridized carbons (Fsp3) is 0.273. The third kappa shape index (κ3) is 6.19. The molecule has 1 heterocycles. The van der Waals surface area contributed by atoms with Crippen molar-refractivity contribution in [2.24, 2.45) is 5.73 Å². The van der Waals surface area contributed by atoms with Crippen molar-refractivity contribution in [3.05, 3.63) is 71.8 Å². The molecule has 0 saturated heterocycles. The van der Waals surface area contributed by atoms with Gasteiger partial charge in [0.05, 0.1) is 6.20 Å². The van der Waals surface area contributed by atoms with Gasteiger partial charge in [-0.05, 0) is 30.0 Å². The number of carboxylic acid groups (broad SMARTS) is 1. The molecule has 0 bridgehead atoms. The van der Waals surface area contributed by atoms with Gasteiger partial charge in [-0.15, -0.1) is 0 Å². The maximum atomic E-state index is 14.1. The second-order valence-electron chi connectivity index (χ2n) is 7.28. The number of benzene rings is 2. The minimum Gasteiger partial charge on any atom is -0.480 e. The van der Waals surface area contributed by atoms with Crippen LogP contribution in [-0.4, -0.2) is 57.6 Å². The molecule has 2 unspecified atom stereocenters. The van der Waals surface area contributed by atoms with Gasteiger partial charge in [0.15, 0.2) is 5.69 Å². The molecule has 6 N–H and O–H groups in total. The quantitative estimate of drug-likeness (QED) is 0.302. The van der Waals surface area contributed by atoms with Crippen molar-refractivity contribution in [2.75, 3.05) is 13.1 Å². The highest BCUT2D eigenvalue weighted by atomic mass is 19.1. The maximum Gasteiger partial charge on any atom is 0.320 e. The molecule has 1 amide bonds. The van der Waals surface area contributed by atoms with E-state index < -0.39 is 24.0 Å². The molecule has 0 saturated carbocycles. The summed E-state index contributed by atoms with van der Waals surface area (Å²) in [5, 5.41) is 25.0. The summed E-state index contributed by atoms with van der Waals surface area (Å²) < 4.78 is 14.1. The van der Waals surface area contributed by atoms with Crippen LogP contribution in [0.4, 0.5) is 4.39 Å². The molecule has 0 radical (unpaired) electrons. The van der Waals surface area contributed by atoms with Crippen LogP contribution in [0.25, 0.3) is 11.1 Å². The van der Waals surface area contributed by atoms with Crippen molar-refractivity contribution < 1.29 is 19.1 Å². The van der Waals surface area contributed by atoms with E-state index in [1.165, 1.54) is 12.3 Å². The second-order valence-corrected chi connectivity index (χ2v) is 7.28. The number of hydrogen-bond acceptors (Lipinski definition) is 6. The van der Waals surface area contributed by atoms with Crippen LogP contribution in [-0.2, 0) is 11.2 Å². The molecule has 168 valence electrons. The van der Waals surface area contributed by atoms with Crippen molar-refractivity contribution in [3.63, 3.8) is 0 Å². The summed E-state index contributed by atoms with van der Waals surface area (Å²) in [6.45, 7) is 0.621. The van der Waals surface area contributed by atoms with Crippen molar-refractivity contribution in [1.82, 2.24) is 26.0 Å². The highest BCUT2D eigenvalue weighted by Crippen LogP contribution is 2.23. The molecule has 2 aromatic carbocycles. The Morgan fingerprint density at radius 2 is 1.91 bits per heavy atom. The number of carbonyl (C=O) groups is 2. The number of aromatic amines is 1. The topological polar surface area (TPSA) is 146 Å². The molecule has 0 aliphatic heterocycles. The summed E-state index contributed by atoms with van der Waals surface area (Å²) in [5.74, 6) is -1.81. The van der Waals surface area contributed by atoms with E-state index >= 15 is 0 Å². The molecule has 9 nitrogen and oxygen atoms in total. The minimum absolute atomic E-state index is 0.103. The van der Waals surface area contributed by atoms with Gasteiger partial charge in [0.1, 0.15) is 11.9 Å². The van der Waals surface area contributed by atoms with Gasteiger partial charge >= 0.3 is 5.97 Å². The average Bonchev–Trinajstić information content (AvgIpc) is 3.32. The maximum absolute atomic E-state index is 14.1. The van der Waals surface area contributed by atoms with Crippen molar-refractivity contribution >= 4 is 11.9 Å². The highest BCUT2D eigenvalue weighted by Gasteiger charge is 2.24. The summed E-state index contributed by atoms with van der Waals surface area (Å²) >= 11 is 0. The lowest BCUT2D eigenvalue weighted by Crippen LogP contribution is -2.46. The predicted octanol–water partition coefficient (Wildman–Crippen LogP) is 1.34. The number of nitrogens with two attached hydrogens (primary N) is 1. The number of carboxylic acids is 1. The number of nitrogens with zero attached hydrogens (tertiary/aromatic N) is 2. The number of aliphatic carboxylic acids is 1. The SMILES string of the molecule is NCCNC(CC(Cc1ccc(-c2ccccc2F)cc1)NC(=O)c1cn[nH]n1)C(=O)O. The van der Waals surface area contributed by atoms with E-state index in [9.17, 15) is 19.1 Å². The normalized spacial score (nSPS) is 12.8. The van der Waals surface area contributed by atoms with Crippen LogP contribution in [0.15, 0.2) is 54.7 Å². The Morgan fingerprint density at radius 3 is 2.53 bits per heavy atom. The third-order valence-electron chi connectivity index (χ3n) is 4.96. The van der Waals surface area contributed by atoms with Gasteiger partial charge in [-0.2, -0.15) is 15.4 Å². The Bertz CT molecular complexity index is 1030. The van der Waals surface area contributed by atoms with Gasteiger partial charge in [0.25, 0.3) is 5.91 Å². The number of halogens is 1. The fourth-order valence-electron chi connectivity index (χ4n) is 3.38. The number of nitrogens with one attached hydrogen (secondary N) is 3. The van der Waals surface area contributed by atoms with Gasteiger partial charge in [-0.3, -0.25) is 9.59 Å². The number of aromatic nitrogens is 3. The largest absolute Gasteiger partial charge is 0.480 e. The molecule has 0 spiro atoms. The smallest absolute Gasteiger partial charge is 0.320 e. The molecule has 0 fully saturated rings. The summed E-state index contributed by atoms with van der Waals surface area (Å²) in [6, 6.07) is 12.4. The van der Waals surface area contributed by atoms with Gasteiger partial charge < -0.3 is 21.5 Å². The van der Waals surface area contributed by atoms with Crippen LogP contribution < -0.4 is 16.4 Å². The zero-order valence-electron chi connectivity index (χ0n) is 17.3. The first-order valence-electron chi connectivity index (χ1n) is 10.1. The Morgan fingerprint density at radius 1 is 1.16 bits per heavy atom. The molecule has 0 aliphatic carbocycles. The van der Waals surface area contributed by atoms with E-state index in [4.69, 9.17) is 5.73 Å². The van der Waals surface area contributed by atoms with Gasteiger partial charge in [-0.25, -0.2) is 4.39 Å². The van der Waals surface area contributed by atoms with Crippen LogP contribution in [0.1, 0.15) is 22.5 Å². The molecule has 10 heteroatoms. The van der Waals surface area contributed by atoms with Gasteiger partial charge in [-0.1, -0.05) is 42.5 Å². The number of amides is 1. The summed E-state index contributed by atoms with van der Waals surface area (Å²) in [4.78, 5) is 24.1. The first kappa shape index (κ1) is 23.0. The zero-order chi connectivity index (χ0) is 22.9. The second kappa shape index (κ2) is 11.1. The van der Waals surface area contributed by atoms with Gasteiger partial charge in [0, 0.05) is 24.7 Å². The Hall–Kier alpha value is -3.63. The highest BCUT2D eigenvalue weighted by molar-refractivity contribution is 5.92. The number of hydrogen-bond donors (Lipinski definition) is 5. The van der Waals surface area contributed by atoms with Gasteiger partial charge in [0.2, 0.25) is 0 Å². The number of carbonyl (C=O) groups excluding carboxylic acids is 1. The van der Waals surface area contributed by atoms with Crippen LogP contribution >= 0.6 is 0 Å². The molecule has 2 atom stereocenters. The van der Waals surface area contributed by atoms with Crippen molar-refractivity contribution in [1.29, 1.82) is 0 Å². The van der Waals surface area contributed by atoms with E-state index in [0.29, 0.717) is 18.5 Å². The molecule has 1 aromatic heterocycles. The molecular formula is C22H25FN6O3. The summed E-state index contributed by atoms with van der Waals surface area (Å²) in [5.41, 5.74) is 7.66. The predicted molar refractivity (Wildman–Crippen MR) is 116 cm³/mol. The fourth-order valence-corrected chi connectivity index (χ4v) is 3.38. The lowest BCUT2D eigenvalue weighted by atomic mass is 9.96. The summed E-state index contributed by atoms with van der Waals surface area (Å²) in [6.07, 6.45) is 1.79. The molecule has 3 aromatic rings. The monoisotopic (exact) mass is 440 g/mol. The van der Waals surface area contributed by atoms with E-state index in [1.54, 1.807) is 30.3 Å². The van der Waals surface area contributed by atoms with E-state index in [-0.39, 0.29) is 24.5 Å². The molecule has 32 heavy (non-hydrogen) atoms. The molecule has 3 rings (SSSR count). The Labute approximate surface area is 184 Å². The number of H-pyrrole nitrogens is 1. The molecule has 0 aliphatic rings. The first-order chi connectivity index (χ1) is 15.5. The van der Waals surface area contributed by atoms with E-state index in [1.807, 2.05) is 12.1 Å². The van der Waals surface area contributed by atoms with Crippen LogP contribution in [0, 0.1) is 5.82 Å². The Kier molecular flexibility index (Phi) is 8.01. The van der Waals surface area contributed by atoms with Crippen molar-refractivity contribution in [3.8, 4) is 11.1 Å². The van der Waals surface area contributed by atoms with Crippen molar-refractivity contribution in [2.45, 2.75) is 24.9 Å².